The highest BCUT2D eigenvalue weighted by Gasteiger charge is 2.34. The molecule has 1 heterocycles. The number of piperidine rings is 1. The van der Waals surface area contributed by atoms with Crippen LogP contribution in [-0.2, 0) is 9.59 Å². The zero-order chi connectivity index (χ0) is 21.4. The summed E-state index contributed by atoms with van der Waals surface area (Å²) in [4.78, 5) is 39.7. The van der Waals surface area contributed by atoms with Crippen LogP contribution in [0, 0.1) is 11.8 Å². The average molecular weight is 404 g/mol. The van der Waals surface area contributed by atoms with Gasteiger partial charge in [0, 0.05) is 31.1 Å². The molecule has 3 amide bonds. The van der Waals surface area contributed by atoms with E-state index in [2.05, 4.69) is 10.6 Å². The molecule has 2 rings (SSSR count). The molecule has 2 N–H and O–H groups in total. The molecule has 0 aromatic heterocycles. The third-order valence-corrected chi connectivity index (χ3v) is 5.27. The van der Waals surface area contributed by atoms with E-state index >= 15 is 0 Å². The van der Waals surface area contributed by atoms with Crippen molar-refractivity contribution in [2.24, 2.45) is 11.8 Å². The van der Waals surface area contributed by atoms with E-state index in [9.17, 15) is 14.4 Å². The van der Waals surface area contributed by atoms with Gasteiger partial charge in [0.1, 0.15) is 11.8 Å². The molecule has 1 aliphatic rings. The second-order valence-electron chi connectivity index (χ2n) is 7.79. The molecule has 0 saturated carbocycles. The Morgan fingerprint density at radius 2 is 1.90 bits per heavy atom. The molecule has 0 spiro atoms. The van der Waals surface area contributed by atoms with Crippen LogP contribution in [0.1, 0.15) is 50.4 Å². The summed E-state index contributed by atoms with van der Waals surface area (Å²) in [7, 11) is 1.55. The topological polar surface area (TPSA) is 87.7 Å². The highest BCUT2D eigenvalue weighted by Crippen LogP contribution is 2.23. The molecular weight excluding hydrogens is 370 g/mol. The molecule has 1 aromatic rings. The van der Waals surface area contributed by atoms with Gasteiger partial charge in [-0.15, -0.1) is 0 Å². The number of rotatable bonds is 8. The Labute approximate surface area is 173 Å². The summed E-state index contributed by atoms with van der Waals surface area (Å²) in [6, 6.07) is 6.24. The van der Waals surface area contributed by atoms with Gasteiger partial charge in [0.05, 0.1) is 7.11 Å². The first kappa shape index (κ1) is 22.7. The largest absolute Gasteiger partial charge is 0.497 e. The molecule has 0 aliphatic carbocycles. The van der Waals surface area contributed by atoms with Gasteiger partial charge in [-0.25, -0.2) is 0 Å². The zero-order valence-electron chi connectivity index (χ0n) is 17.9. The van der Waals surface area contributed by atoms with E-state index in [1.54, 1.807) is 31.4 Å². The first-order valence-electron chi connectivity index (χ1n) is 10.4. The van der Waals surface area contributed by atoms with Crippen LogP contribution >= 0.6 is 0 Å². The third-order valence-electron chi connectivity index (χ3n) is 5.27. The van der Waals surface area contributed by atoms with Crippen molar-refractivity contribution in [3.05, 3.63) is 29.8 Å². The lowest BCUT2D eigenvalue weighted by Crippen LogP contribution is -2.54. The number of carbonyl (C=O) groups excluding carboxylic acids is 3. The lowest BCUT2D eigenvalue weighted by molar-refractivity contribution is -0.136. The maximum atomic E-state index is 12.8. The molecule has 0 unspecified atom stereocenters. The van der Waals surface area contributed by atoms with E-state index in [4.69, 9.17) is 4.74 Å². The van der Waals surface area contributed by atoms with Gasteiger partial charge < -0.3 is 20.3 Å². The summed E-state index contributed by atoms with van der Waals surface area (Å²) in [5.41, 5.74) is 0.449. The number of nitrogens with one attached hydrogen (secondary N) is 2. The van der Waals surface area contributed by atoms with E-state index in [0.717, 1.165) is 6.42 Å². The van der Waals surface area contributed by atoms with E-state index in [1.807, 2.05) is 25.7 Å². The van der Waals surface area contributed by atoms with Crippen LogP contribution in [0.15, 0.2) is 24.3 Å². The number of carbonyl (C=O) groups is 3. The van der Waals surface area contributed by atoms with Crippen molar-refractivity contribution in [3.8, 4) is 5.75 Å². The molecule has 7 heteroatoms. The summed E-state index contributed by atoms with van der Waals surface area (Å²) in [5, 5.41) is 5.82. The predicted molar refractivity (Wildman–Crippen MR) is 112 cm³/mol. The molecule has 29 heavy (non-hydrogen) atoms. The average Bonchev–Trinajstić information content (AvgIpc) is 2.75. The van der Waals surface area contributed by atoms with Gasteiger partial charge in [0.25, 0.3) is 5.91 Å². The summed E-state index contributed by atoms with van der Waals surface area (Å²) >= 11 is 0. The predicted octanol–water partition coefficient (Wildman–Crippen LogP) is 2.21. The van der Waals surface area contributed by atoms with Crippen LogP contribution in [-0.4, -0.2) is 55.4 Å². The summed E-state index contributed by atoms with van der Waals surface area (Å²) < 4.78 is 5.18. The minimum atomic E-state index is -0.628. The Hall–Kier alpha value is -2.57. The van der Waals surface area contributed by atoms with Crippen molar-refractivity contribution in [1.29, 1.82) is 0 Å². The summed E-state index contributed by atoms with van der Waals surface area (Å²) in [6.07, 6.45) is 2.19. The SMILES string of the molecule is CCCNC(=O)[C@H](NC(=O)c1cccc(OC)c1)C1CCN(C(=O)C(C)C)CC1. The number of hydrogen-bond acceptors (Lipinski definition) is 4. The van der Waals surface area contributed by atoms with Crippen molar-refractivity contribution >= 4 is 17.7 Å². The van der Waals surface area contributed by atoms with Crippen LogP contribution in [0.4, 0.5) is 0 Å². The van der Waals surface area contributed by atoms with Gasteiger partial charge in [-0.05, 0) is 43.4 Å². The molecule has 1 saturated heterocycles. The second-order valence-corrected chi connectivity index (χ2v) is 7.79. The maximum Gasteiger partial charge on any atom is 0.252 e. The molecule has 0 radical (unpaired) electrons. The summed E-state index contributed by atoms with van der Waals surface area (Å²) in [5.74, 6) is 0.194. The fourth-order valence-corrected chi connectivity index (χ4v) is 3.56. The quantitative estimate of drug-likeness (QED) is 0.697. The number of likely N-dealkylation sites (tertiary alicyclic amines) is 1. The smallest absolute Gasteiger partial charge is 0.252 e. The molecule has 1 fully saturated rings. The molecule has 1 atom stereocenters. The van der Waals surface area contributed by atoms with E-state index in [-0.39, 0.29) is 29.6 Å². The van der Waals surface area contributed by atoms with Crippen LogP contribution in [0.5, 0.6) is 5.75 Å². The Balaban J connectivity index is 2.10. The minimum Gasteiger partial charge on any atom is -0.497 e. The fraction of sp³-hybridized carbons (Fsp3) is 0.591. The third kappa shape index (κ3) is 6.21. The normalized spacial score (nSPS) is 15.7. The lowest BCUT2D eigenvalue weighted by atomic mass is 9.88. The number of benzene rings is 1. The molecule has 1 aromatic carbocycles. The first-order chi connectivity index (χ1) is 13.9. The fourth-order valence-electron chi connectivity index (χ4n) is 3.56. The molecular formula is C22H33N3O4. The Kier molecular flexibility index (Phi) is 8.49. The monoisotopic (exact) mass is 403 g/mol. The van der Waals surface area contributed by atoms with Gasteiger partial charge in [-0.3, -0.25) is 14.4 Å². The van der Waals surface area contributed by atoms with Crippen molar-refractivity contribution < 1.29 is 19.1 Å². The van der Waals surface area contributed by atoms with Crippen molar-refractivity contribution in [2.45, 2.75) is 46.1 Å². The van der Waals surface area contributed by atoms with Gasteiger partial charge >= 0.3 is 0 Å². The van der Waals surface area contributed by atoms with Crippen molar-refractivity contribution in [3.63, 3.8) is 0 Å². The van der Waals surface area contributed by atoms with Crippen LogP contribution in [0.2, 0.25) is 0 Å². The lowest BCUT2D eigenvalue weighted by Gasteiger charge is -2.36. The Morgan fingerprint density at radius 1 is 1.21 bits per heavy atom. The highest BCUT2D eigenvalue weighted by atomic mass is 16.5. The molecule has 7 nitrogen and oxygen atoms in total. The minimum absolute atomic E-state index is 0.0161. The van der Waals surface area contributed by atoms with Crippen molar-refractivity contribution in [1.82, 2.24) is 15.5 Å². The highest BCUT2D eigenvalue weighted by molar-refractivity contribution is 5.98. The van der Waals surface area contributed by atoms with Crippen LogP contribution in [0.3, 0.4) is 0 Å². The van der Waals surface area contributed by atoms with Crippen molar-refractivity contribution in [2.75, 3.05) is 26.7 Å². The second kappa shape index (κ2) is 10.8. The van der Waals surface area contributed by atoms with Gasteiger partial charge in [-0.2, -0.15) is 0 Å². The number of methoxy groups -OCH3 is 1. The van der Waals surface area contributed by atoms with E-state index in [0.29, 0.717) is 43.8 Å². The summed E-state index contributed by atoms with van der Waals surface area (Å²) in [6.45, 7) is 7.55. The van der Waals surface area contributed by atoms with Gasteiger partial charge in [0.2, 0.25) is 11.8 Å². The zero-order valence-corrected chi connectivity index (χ0v) is 17.9. The first-order valence-corrected chi connectivity index (χ1v) is 10.4. The molecule has 160 valence electrons. The Morgan fingerprint density at radius 3 is 2.48 bits per heavy atom. The van der Waals surface area contributed by atoms with Gasteiger partial charge in [-0.1, -0.05) is 26.8 Å². The maximum absolute atomic E-state index is 12.8. The van der Waals surface area contributed by atoms with Gasteiger partial charge in [0.15, 0.2) is 0 Å². The van der Waals surface area contributed by atoms with E-state index in [1.165, 1.54) is 0 Å². The number of amides is 3. The van der Waals surface area contributed by atoms with E-state index < -0.39 is 6.04 Å². The number of nitrogens with zero attached hydrogens (tertiary/aromatic N) is 1. The Bertz CT molecular complexity index is 712. The number of hydrogen-bond donors (Lipinski definition) is 2. The van der Waals surface area contributed by atoms with Crippen LogP contribution < -0.4 is 15.4 Å². The van der Waals surface area contributed by atoms with Crippen LogP contribution in [0.25, 0.3) is 0 Å². The molecule has 0 bridgehead atoms. The molecule has 1 aliphatic heterocycles. The standard InChI is InChI=1S/C22H33N3O4/c1-5-11-23-21(27)19(16-9-12-25(13-10-16)22(28)15(2)3)24-20(26)17-7-6-8-18(14-17)29-4/h6-8,14-16,19H,5,9-13H2,1-4H3,(H,23,27)(H,24,26)/t19-/m1/s1. The number of ether oxygens (including phenoxy) is 1.